The van der Waals surface area contributed by atoms with Crippen molar-refractivity contribution in [3.63, 3.8) is 0 Å². The second-order valence-electron chi connectivity index (χ2n) is 4.82. The lowest BCUT2D eigenvalue weighted by atomic mass is 9.77. The third-order valence-corrected chi connectivity index (χ3v) is 3.81. The molecule has 1 N–H and O–H groups in total. The smallest absolute Gasteiger partial charge is 0.377 e. The van der Waals surface area contributed by atoms with Gasteiger partial charge in [-0.15, -0.1) is 0 Å². The number of hydrogen-bond donors (Lipinski definition) is 1. The quantitative estimate of drug-likeness (QED) is 0.812. The fourth-order valence-corrected chi connectivity index (χ4v) is 2.82. The maximum Gasteiger partial charge on any atom is 0.389 e. The number of methoxy groups -OCH3 is 1. The average molecular weight is 253 g/mol. The molecule has 0 radical (unpaired) electrons. The molecule has 2 nitrogen and oxygen atoms in total. The zero-order valence-corrected chi connectivity index (χ0v) is 10.6. The van der Waals surface area contributed by atoms with Gasteiger partial charge >= 0.3 is 6.18 Å². The van der Waals surface area contributed by atoms with Crippen LogP contribution in [0.3, 0.4) is 0 Å². The van der Waals surface area contributed by atoms with Crippen LogP contribution in [0.2, 0.25) is 0 Å². The maximum absolute atomic E-state index is 12.3. The van der Waals surface area contributed by atoms with Crippen LogP contribution >= 0.6 is 0 Å². The molecular formula is C12H22F3NO. The molecule has 1 fully saturated rings. The molecule has 1 aliphatic carbocycles. The van der Waals surface area contributed by atoms with Crippen molar-refractivity contribution in [2.75, 3.05) is 14.2 Å². The molecule has 1 atom stereocenters. The Morgan fingerprint density at radius 2 is 1.82 bits per heavy atom. The van der Waals surface area contributed by atoms with Gasteiger partial charge in [0.25, 0.3) is 0 Å². The van der Waals surface area contributed by atoms with E-state index in [0.717, 1.165) is 32.1 Å². The summed E-state index contributed by atoms with van der Waals surface area (Å²) in [6.45, 7) is 0. The van der Waals surface area contributed by atoms with Crippen molar-refractivity contribution in [1.82, 2.24) is 5.32 Å². The molecule has 1 aliphatic rings. The van der Waals surface area contributed by atoms with E-state index in [4.69, 9.17) is 4.74 Å². The molecule has 5 heteroatoms. The molecule has 1 saturated carbocycles. The van der Waals surface area contributed by atoms with E-state index < -0.39 is 18.2 Å². The summed E-state index contributed by atoms with van der Waals surface area (Å²) in [4.78, 5) is 0. The van der Waals surface area contributed by atoms with Gasteiger partial charge in [-0.25, -0.2) is 0 Å². The number of hydrogen-bond acceptors (Lipinski definition) is 2. The highest BCUT2D eigenvalue weighted by atomic mass is 19.4. The third-order valence-electron chi connectivity index (χ3n) is 3.81. The van der Waals surface area contributed by atoms with Gasteiger partial charge in [0.15, 0.2) is 0 Å². The molecule has 0 heterocycles. The molecule has 17 heavy (non-hydrogen) atoms. The van der Waals surface area contributed by atoms with E-state index in [0.29, 0.717) is 0 Å². The Kier molecular flexibility index (Phi) is 5.25. The van der Waals surface area contributed by atoms with Crippen molar-refractivity contribution in [1.29, 1.82) is 0 Å². The highest BCUT2D eigenvalue weighted by Gasteiger charge is 2.41. The summed E-state index contributed by atoms with van der Waals surface area (Å²) in [5.74, 6) is 0. The second kappa shape index (κ2) is 6.05. The molecule has 0 aromatic carbocycles. The summed E-state index contributed by atoms with van der Waals surface area (Å²) >= 11 is 0. The second-order valence-corrected chi connectivity index (χ2v) is 4.82. The van der Waals surface area contributed by atoms with Gasteiger partial charge in [0, 0.05) is 19.6 Å². The van der Waals surface area contributed by atoms with Crippen molar-refractivity contribution in [2.45, 2.75) is 62.8 Å². The third kappa shape index (κ3) is 4.14. The van der Waals surface area contributed by atoms with Gasteiger partial charge in [0.2, 0.25) is 0 Å². The Hall–Kier alpha value is -0.290. The lowest BCUT2D eigenvalue weighted by molar-refractivity contribution is -0.143. The molecule has 0 amide bonds. The van der Waals surface area contributed by atoms with Crippen molar-refractivity contribution in [2.24, 2.45) is 0 Å². The molecule has 0 bridgehead atoms. The Morgan fingerprint density at radius 3 is 2.24 bits per heavy atom. The molecule has 0 saturated heterocycles. The van der Waals surface area contributed by atoms with E-state index in [-0.39, 0.29) is 12.5 Å². The van der Waals surface area contributed by atoms with Crippen molar-refractivity contribution in [3.05, 3.63) is 0 Å². The summed E-state index contributed by atoms with van der Waals surface area (Å²) in [6, 6.07) is -0.213. The summed E-state index contributed by atoms with van der Waals surface area (Å²) < 4.78 is 42.4. The Bertz CT molecular complexity index is 224. The lowest BCUT2D eigenvalue weighted by Gasteiger charge is -2.42. The van der Waals surface area contributed by atoms with E-state index in [1.54, 1.807) is 14.2 Å². The zero-order chi connectivity index (χ0) is 12.9. The molecule has 1 rings (SSSR count). The fraction of sp³-hybridized carbons (Fsp3) is 1.00. The highest BCUT2D eigenvalue weighted by molar-refractivity contribution is 4.95. The normalized spacial score (nSPS) is 22.4. The monoisotopic (exact) mass is 253 g/mol. The van der Waals surface area contributed by atoms with Gasteiger partial charge in [0.05, 0.1) is 5.60 Å². The number of rotatable bonds is 5. The van der Waals surface area contributed by atoms with E-state index in [1.807, 2.05) is 0 Å². The van der Waals surface area contributed by atoms with E-state index >= 15 is 0 Å². The molecule has 0 aromatic rings. The van der Waals surface area contributed by atoms with Gasteiger partial charge in [-0.2, -0.15) is 13.2 Å². The van der Waals surface area contributed by atoms with E-state index in [9.17, 15) is 13.2 Å². The first-order chi connectivity index (χ1) is 7.93. The minimum absolute atomic E-state index is 0.0911. The van der Waals surface area contributed by atoms with Crippen molar-refractivity contribution < 1.29 is 17.9 Å². The van der Waals surface area contributed by atoms with Crippen LogP contribution in [0.25, 0.3) is 0 Å². The summed E-state index contributed by atoms with van der Waals surface area (Å²) in [5.41, 5.74) is -0.405. The van der Waals surface area contributed by atoms with Crippen LogP contribution in [0.15, 0.2) is 0 Å². The first kappa shape index (κ1) is 14.8. The number of halogens is 3. The van der Waals surface area contributed by atoms with Gasteiger partial charge in [-0.1, -0.05) is 19.3 Å². The van der Waals surface area contributed by atoms with Crippen LogP contribution in [0, 0.1) is 0 Å². The van der Waals surface area contributed by atoms with Crippen LogP contribution in [-0.4, -0.2) is 32.0 Å². The molecule has 1 unspecified atom stereocenters. The molecule has 0 aliphatic heterocycles. The lowest BCUT2D eigenvalue weighted by Crippen LogP contribution is -2.52. The number of ether oxygens (including phenoxy) is 1. The van der Waals surface area contributed by atoms with E-state index in [1.165, 1.54) is 0 Å². The average Bonchev–Trinajstić information content (AvgIpc) is 2.29. The van der Waals surface area contributed by atoms with Gasteiger partial charge in [0.1, 0.15) is 0 Å². The van der Waals surface area contributed by atoms with Crippen LogP contribution in [0.5, 0.6) is 0 Å². The van der Waals surface area contributed by atoms with Crippen LogP contribution in [0.4, 0.5) is 13.2 Å². The Balaban J connectivity index is 2.62. The SMILES string of the molecule is CNC(CCC(F)(F)F)C1(OC)CCCCC1. The van der Waals surface area contributed by atoms with Gasteiger partial charge in [-0.3, -0.25) is 0 Å². The van der Waals surface area contributed by atoms with Crippen LogP contribution < -0.4 is 5.32 Å². The zero-order valence-electron chi connectivity index (χ0n) is 10.6. The topological polar surface area (TPSA) is 21.3 Å². The number of alkyl halides is 3. The molecule has 0 aromatic heterocycles. The molecule has 102 valence electrons. The van der Waals surface area contributed by atoms with Crippen LogP contribution in [-0.2, 0) is 4.74 Å². The van der Waals surface area contributed by atoms with E-state index in [2.05, 4.69) is 5.32 Å². The minimum atomic E-state index is -4.08. The van der Waals surface area contributed by atoms with Gasteiger partial charge in [-0.05, 0) is 26.3 Å². The maximum atomic E-state index is 12.3. The first-order valence-electron chi connectivity index (χ1n) is 6.23. The number of nitrogens with one attached hydrogen (secondary N) is 1. The predicted octanol–water partition coefficient (Wildman–Crippen LogP) is 3.27. The fourth-order valence-electron chi connectivity index (χ4n) is 2.82. The molecular weight excluding hydrogens is 231 g/mol. The Morgan fingerprint density at radius 1 is 1.24 bits per heavy atom. The highest BCUT2D eigenvalue weighted by Crippen LogP contribution is 2.36. The van der Waals surface area contributed by atoms with Gasteiger partial charge < -0.3 is 10.1 Å². The summed E-state index contributed by atoms with van der Waals surface area (Å²) in [5, 5.41) is 3.01. The first-order valence-corrected chi connectivity index (χ1v) is 6.23. The largest absolute Gasteiger partial charge is 0.389 e. The van der Waals surface area contributed by atoms with Crippen molar-refractivity contribution >= 4 is 0 Å². The Labute approximate surface area is 101 Å². The van der Waals surface area contributed by atoms with Crippen molar-refractivity contribution in [3.8, 4) is 0 Å². The standard InChI is InChI=1S/C12H22F3NO/c1-16-10(6-9-12(13,14)15)11(17-2)7-4-3-5-8-11/h10,16H,3-9H2,1-2H3. The summed E-state index contributed by atoms with van der Waals surface area (Å²) in [7, 11) is 3.33. The predicted molar refractivity (Wildman–Crippen MR) is 61.0 cm³/mol. The summed E-state index contributed by atoms with van der Waals surface area (Å²) in [6.07, 6.45) is 0.201. The minimum Gasteiger partial charge on any atom is -0.377 e. The number of likely N-dealkylation sites (N-methyl/N-ethyl adjacent to an activating group) is 1. The van der Waals surface area contributed by atoms with Crippen LogP contribution in [0.1, 0.15) is 44.9 Å². The molecule has 0 spiro atoms.